The Balaban J connectivity index is 1.55. The molecule has 1 aromatic rings. The van der Waals surface area contributed by atoms with Crippen molar-refractivity contribution in [2.45, 2.75) is 50.6 Å². The minimum atomic E-state index is -0.348. The Hall–Kier alpha value is -2.02. The molecule has 3 N–H and O–H groups in total. The molecule has 1 unspecified atom stereocenters. The predicted molar refractivity (Wildman–Crippen MR) is 91.0 cm³/mol. The molecule has 1 saturated heterocycles. The molecule has 7 heteroatoms. The van der Waals surface area contributed by atoms with Crippen LogP contribution in [0.5, 0.6) is 0 Å². The van der Waals surface area contributed by atoms with Gasteiger partial charge in [-0.25, -0.2) is 4.39 Å². The van der Waals surface area contributed by atoms with E-state index in [1.54, 1.807) is 6.20 Å². The lowest BCUT2D eigenvalue weighted by Crippen LogP contribution is -2.55. The van der Waals surface area contributed by atoms with Gasteiger partial charge in [0.2, 0.25) is 11.8 Å². The highest BCUT2D eigenvalue weighted by Crippen LogP contribution is 2.30. The number of carbonyl (C=O) groups excluding carboxylic acids is 2. The number of hydrogen-bond donors (Lipinski definition) is 3. The molecule has 1 aliphatic carbocycles. The van der Waals surface area contributed by atoms with E-state index in [1.807, 2.05) is 0 Å². The summed E-state index contributed by atoms with van der Waals surface area (Å²) in [7, 11) is 0. The monoisotopic (exact) mass is 348 g/mol. The zero-order valence-electron chi connectivity index (χ0n) is 14.3. The molecule has 25 heavy (non-hydrogen) atoms. The molecule has 0 spiro atoms. The number of piperidine rings is 1. The topological polar surface area (TPSA) is 83.1 Å². The fourth-order valence-corrected chi connectivity index (χ4v) is 3.77. The number of amides is 2. The molecule has 2 heterocycles. The van der Waals surface area contributed by atoms with Crippen molar-refractivity contribution >= 4 is 11.8 Å². The molecule has 1 aromatic heterocycles. The fraction of sp³-hybridized carbons (Fsp3) is 0.611. The van der Waals surface area contributed by atoms with Crippen LogP contribution < -0.4 is 16.0 Å². The van der Waals surface area contributed by atoms with Crippen molar-refractivity contribution in [1.82, 2.24) is 20.9 Å². The van der Waals surface area contributed by atoms with Gasteiger partial charge >= 0.3 is 0 Å². The standard InChI is InChI=1S/C18H25FN4O2/c19-15-7-13(9-20-11-15)10-21-12-18(4-1-2-5-18)23-17(25)14-3-6-22-16(24)8-14/h7,9,11,14,21H,1-6,8,10,12H2,(H,22,24)(H,23,25). The van der Waals surface area contributed by atoms with Crippen LogP contribution in [0.4, 0.5) is 4.39 Å². The molecule has 1 saturated carbocycles. The molecule has 136 valence electrons. The lowest BCUT2D eigenvalue weighted by atomic mass is 9.92. The average molecular weight is 348 g/mol. The molecule has 0 radical (unpaired) electrons. The quantitative estimate of drug-likeness (QED) is 0.723. The van der Waals surface area contributed by atoms with Crippen LogP contribution in [0.3, 0.4) is 0 Å². The summed E-state index contributed by atoms with van der Waals surface area (Å²) in [4.78, 5) is 28.0. The third kappa shape index (κ3) is 4.75. The Morgan fingerprint density at radius 3 is 2.88 bits per heavy atom. The molecule has 2 fully saturated rings. The van der Waals surface area contributed by atoms with E-state index >= 15 is 0 Å². The highest BCUT2D eigenvalue weighted by molar-refractivity contribution is 5.87. The molecule has 2 amide bonds. The van der Waals surface area contributed by atoms with Gasteiger partial charge in [-0.05, 0) is 30.9 Å². The first-order valence-electron chi connectivity index (χ1n) is 8.95. The van der Waals surface area contributed by atoms with Crippen molar-refractivity contribution in [3.63, 3.8) is 0 Å². The van der Waals surface area contributed by atoms with Gasteiger partial charge in [0.05, 0.1) is 11.7 Å². The highest BCUT2D eigenvalue weighted by Gasteiger charge is 2.37. The summed E-state index contributed by atoms with van der Waals surface area (Å²) < 4.78 is 13.2. The maximum atomic E-state index is 13.2. The number of aromatic nitrogens is 1. The second-order valence-electron chi connectivity index (χ2n) is 7.13. The van der Waals surface area contributed by atoms with E-state index < -0.39 is 0 Å². The van der Waals surface area contributed by atoms with Crippen LogP contribution in [0.1, 0.15) is 44.1 Å². The van der Waals surface area contributed by atoms with Crippen molar-refractivity contribution in [1.29, 1.82) is 0 Å². The summed E-state index contributed by atoms with van der Waals surface area (Å²) in [5, 5.41) is 9.30. The highest BCUT2D eigenvalue weighted by atomic mass is 19.1. The zero-order chi connectivity index (χ0) is 17.7. The Morgan fingerprint density at radius 2 is 2.16 bits per heavy atom. The lowest BCUT2D eigenvalue weighted by molar-refractivity contribution is -0.133. The molecule has 0 bridgehead atoms. The summed E-state index contributed by atoms with van der Waals surface area (Å²) in [5.41, 5.74) is 0.509. The summed E-state index contributed by atoms with van der Waals surface area (Å²) in [5.74, 6) is -0.660. The minimum Gasteiger partial charge on any atom is -0.356 e. The van der Waals surface area contributed by atoms with Crippen molar-refractivity contribution in [3.8, 4) is 0 Å². The molecule has 1 atom stereocenters. The second kappa shape index (κ2) is 7.91. The number of nitrogens with zero attached hydrogens (tertiary/aromatic N) is 1. The number of carbonyl (C=O) groups is 2. The predicted octanol–water partition coefficient (Wildman–Crippen LogP) is 1.27. The lowest BCUT2D eigenvalue weighted by Gasteiger charge is -2.33. The Morgan fingerprint density at radius 1 is 1.36 bits per heavy atom. The third-order valence-corrected chi connectivity index (χ3v) is 5.12. The van der Waals surface area contributed by atoms with Gasteiger partial charge in [-0.2, -0.15) is 0 Å². The van der Waals surface area contributed by atoms with Gasteiger partial charge in [0, 0.05) is 38.2 Å². The van der Waals surface area contributed by atoms with E-state index in [-0.39, 0.29) is 35.5 Å². The molecule has 1 aliphatic heterocycles. The number of pyridine rings is 1. The van der Waals surface area contributed by atoms with E-state index in [4.69, 9.17) is 0 Å². The van der Waals surface area contributed by atoms with Crippen LogP contribution in [0, 0.1) is 11.7 Å². The second-order valence-corrected chi connectivity index (χ2v) is 7.13. The van der Waals surface area contributed by atoms with Crippen molar-refractivity contribution in [3.05, 3.63) is 29.8 Å². The van der Waals surface area contributed by atoms with Gasteiger partial charge in [0.15, 0.2) is 0 Å². The van der Waals surface area contributed by atoms with Crippen LogP contribution in [0.25, 0.3) is 0 Å². The molecular formula is C18H25FN4O2. The van der Waals surface area contributed by atoms with Gasteiger partial charge in [0.25, 0.3) is 0 Å². The SMILES string of the molecule is O=C1CC(C(=O)NC2(CNCc3cncc(F)c3)CCCC2)CCN1. The first-order chi connectivity index (χ1) is 12.1. The first kappa shape index (κ1) is 17.8. The van der Waals surface area contributed by atoms with E-state index in [0.717, 1.165) is 31.2 Å². The summed E-state index contributed by atoms with van der Waals surface area (Å²) >= 11 is 0. The normalized spacial score (nSPS) is 22.4. The molecule has 2 aliphatic rings. The van der Waals surface area contributed by atoms with Gasteiger partial charge in [-0.15, -0.1) is 0 Å². The van der Waals surface area contributed by atoms with Crippen LogP contribution in [-0.4, -0.2) is 35.4 Å². The summed E-state index contributed by atoms with van der Waals surface area (Å²) in [6.45, 7) is 1.71. The number of hydrogen-bond acceptors (Lipinski definition) is 4. The number of nitrogens with one attached hydrogen (secondary N) is 3. The Bertz CT molecular complexity index is 631. The van der Waals surface area contributed by atoms with E-state index in [1.165, 1.54) is 12.3 Å². The third-order valence-electron chi connectivity index (χ3n) is 5.12. The summed E-state index contributed by atoms with van der Waals surface area (Å²) in [6, 6.07) is 1.46. The zero-order valence-corrected chi connectivity index (χ0v) is 14.3. The van der Waals surface area contributed by atoms with Gasteiger partial charge in [0.1, 0.15) is 5.82 Å². The van der Waals surface area contributed by atoms with Crippen LogP contribution in [0.15, 0.2) is 18.5 Å². The minimum absolute atomic E-state index is 0.0222. The Labute approximate surface area is 147 Å². The average Bonchev–Trinajstić information content (AvgIpc) is 3.03. The smallest absolute Gasteiger partial charge is 0.224 e. The molecule has 3 rings (SSSR count). The Kier molecular flexibility index (Phi) is 5.63. The molecule has 6 nitrogen and oxygen atoms in total. The maximum Gasteiger partial charge on any atom is 0.224 e. The fourth-order valence-electron chi connectivity index (χ4n) is 3.77. The van der Waals surface area contributed by atoms with Gasteiger partial charge in [-0.3, -0.25) is 14.6 Å². The van der Waals surface area contributed by atoms with E-state index in [2.05, 4.69) is 20.9 Å². The number of halogens is 1. The summed E-state index contributed by atoms with van der Waals surface area (Å²) in [6.07, 6.45) is 7.78. The van der Waals surface area contributed by atoms with Crippen LogP contribution in [0.2, 0.25) is 0 Å². The number of rotatable bonds is 6. The first-order valence-corrected chi connectivity index (χ1v) is 8.95. The van der Waals surface area contributed by atoms with E-state index in [0.29, 0.717) is 26.1 Å². The van der Waals surface area contributed by atoms with Crippen molar-refractivity contribution in [2.75, 3.05) is 13.1 Å². The largest absolute Gasteiger partial charge is 0.356 e. The van der Waals surface area contributed by atoms with Gasteiger partial charge in [-0.1, -0.05) is 12.8 Å². The van der Waals surface area contributed by atoms with E-state index in [9.17, 15) is 14.0 Å². The molecular weight excluding hydrogens is 323 g/mol. The maximum absolute atomic E-state index is 13.2. The van der Waals surface area contributed by atoms with Crippen molar-refractivity contribution < 1.29 is 14.0 Å². The molecule has 0 aromatic carbocycles. The van der Waals surface area contributed by atoms with Gasteiger partial charge < -0.3 is 16.0 Å². The van der Waals surface area contributed by atoms with Crippen LogP contribution >= 0.6 is 0 Å². The van der Waals surface area contributed by atoms with Crippen molar-refractivity contribution in [2.24, 2.45) is 5.92 Å². The van der Waals surface area contributed by atoms with Crippen LogP contribution in [-0.2, 0) is 16.1 Å².